The number of nitrogens with zero attached hydrogens (tertiary/aromatic N) is 2. The Morgan fingerprint density at radius 2 is 2.13 bits per heavy atom. The Labute approximate surface area is 143 Å². The van der Waals surface area contributed by atoms with Crippen molar-refractivity contribution in [2.24, 2.45) is 0 Å². The van der Waals surface area contributed by atoms with Gasteiger partial charge in [0, 0.05) is 30.1 Å². The number of benzene rings is 1. The third-order valence-electron chi connectivity index (χ3n) is 5.18. The van der Waals surface area contributed by atoms with Crippen LogP contribution in [0, 0.1) is 0 Å². The van der Waals surface area contributed by atoms with Crippen LogP contribution in [-0.2, 0) is 4.79 Å². The molecule has 0 bridgehead atoms. The number of piperidine rings is 1. The number of hydrogen-bond acceptors (Lipinski definition) is 3. The van der Waals surface area contributed by atoms with E-state index in [4.69, 9.17) is 11.6 Å². The third kappa shape index (κ3) is 4.25. The van der Waals surface area contributed by atoms with Crippen molar-refractivity contribution in [3.8, 4) is 0 Å². The van der Waals surface area contributed by atoms with Gasteiger partial charge in [-0.3, -0.25) is 9.69 Å². The largest absolute Gasteiger partial charge is 0.341 e. The molecule has 0 spiro atoms. The van der Waals surface area contributed by atoms with E-state index >= 15 is 0 Å². The molecule has 1 atom stereocenters. The van der Waals surface area contributed by atoms with E-state index in [1.165, 1.54) is 5.56 Å². The van der Waals surface area contributed by atoms with Crippen molar-refractivity contribution >= 4 is 17.5 Å². The van der Waals surface area contributed by atoms with Gasteiger partial charge in [0.15, 0.2) is 0 Å². The molecule has 0 saturated carbocycles. The van der Waals surface area contributed by atoms with Crippen LogP contribution < -0.4 is 5.32 Å². The fraction of sp³-hybridized carbons (Fsp3) is 0.611. The lowest BCUT2D eigenvalue weighted by molar-refractivity contribution is -0.131. The minimum atomic E-state index is 0.260. The first-order chi connectivity index (χ1) is 11.1. The van der Waals surface area contributed by atoms with Crippen LogP contribution in [0.5, 0.6) is 0 Å². The fourth-order valence-corrected chi connectivity index (χ4v) is 3.91. The van der Waals surface area contributed by atoms with Crippen molar-refractivity contribution in [1.29, 1.82) is 0 Å². The van der Waals surface area contributed by atoms with E-state index in [1.54, 1.807) is 0 Å². The Hall–Kier alpha value is -1.10. The molecule has 0 aliphatic carbocycles. The molecule has 1 N–H and O–H groups in total. The Morgan fingerprint density at radius 1 is 1.35 bits per heavy atom. The number of carbonyl (C=O) groups excluding carboxylic acids is 1. The highest BCUT2D eigenvalue weighted by Gasteiger charge is 2.29. The highest BCUT2D eigenvalue weighted by Crippen LogP contribution is 2.28. The van der Waals surface area contributed by atoms with Crippen LogP contribution in [0.4, 0.5) is 0 Å². The molecule has 1 amide bonds. The first-order valence-electron chi connectivity index (χ1n) is 8.57. The monoisotopic (exact) mass is 335 g/mol. The minimum Gasteiger partial charge on any atom is -0.341 e. The molecule has 4 nitrogen and oxygen atoms in total. The van der Waals surface area contributed by atoms with Crippen molar-refractivity contribution in [1.82, 2.24) is 15.1 Å². The van der Waals surface area contributed by atoms with Gasteiger partial charge < -0.3 is 10.2 Å². The number of amides is 1. The molecular weight excluding hydrogens is 310 g/mol. The molecule has 5 heteroatoms. The minimum absolute atomic E-state index is 0.260. The molecule has 1 aromatic rings. The van der Waals surface area contributed by atoms with Crippen molar-refractivity contribution in [2.75, 3.05) is 39.8 Å². The number of nitrogens with one attached hydrogen (secondary N) is 1. The van der Waals surface area contributed by atoms with Crippen molar-refractivity contribution < 1.29 is 4.79 Å². The van der Waals surface area contributed by atoms with E-state index in [1.807, 2.05) is 23.1 Å². The fourth-order valence-electron chi connectivity index (χ4n) is 3.71. The van der Waals surface area contributed by atoms with Gasteiger partial charge in [-0.25, -0.2) is 0 Å². The van der Waals surface area contributed by atoms with Crippen LogP contribution in [0.25, 0.3) is 0 Å². The molecule has 2 saturated heterocycles. The number of likely N-dealkylation sites (N-methyl/N-ethyl adjacent to an activating group) is 1. The first-order valence-corrected chi connectivity index (χ1v) is 8.95. The molecule has 23 heavy (non-hydrogen) atoms. The molecule has 3 rings (SSSR count). The summed E-state index contributed by atoms with van der Waals surface area (Å²) >= 11 is 6.08. The van der Waals surface area contributed by atoms with Crippen molar-refractivity contribution in [3.63, 3.8) is 0 Å². The zero-order valence-corrected chi connectivity index (χ0v) is 14.6. The zero-order chi connectivity index (χ0) is 16.2. The number of carbonyl (C=O) groups is 1. The summed E-state index contributed by atoms with van der Waals surface area (Å²) in [6.07, 6.45) is 3.30. The van der Waals surface area contributed by atoms with Crippen molar-refractivity contribution in [2.45, 2.75) is 31.2 Å². The summed E-state index contributed by atoms with van der Waals surface area (Å²) in [5.74, 6) is 0.678. The lowest BCUT2D eigenvalue weighted by atomic mass is 9.99. The van der Waals surface area contributed by atoms with Gasteiger partial charge in [0.25, 0.3) is 0 Å². The van der Waals surface area contributed by atoms with Gasteiger partial charge in [-0.15, -0.1) is 0 Å². The topological polar surface area (TPSA) is 35.6 Å². The summed E-state index contributed by atoms with van der Waals surface area (Å²) in [5, 5.41) is 4.15. The Balaban J connectivity index is 1.53. The molecule has 2 fully saturated rings. The summed E-state index contributed by atoms with van der Waals surface area (Å²) in [7, 11) is 2.08. The standard InChI is InChI=1S/C18H26ClN3O/c1-21(17-5-8-20-9-6-17)13-18(23)22-10-7-15(12-22)14-3-2-4-16(19)11-14/h2-4,11,15,17,20H,5-10,12-13H2,1H3/t15-/m1/s1. The predicted octanol–water partition coefficient (Wildman–Crippen LogP) is 2.34. The number of likely N-dealkylation sites (tertiary alicyclic amines) is 1. The molecule has 2 aliphatic heterocycles. The van der Waals surface area contributed by atoms with Gasteiger partial charge >= 0.3 is 0 Å². The smallest absolute Gasteiger partial charge is 0.236 e. The number of halogens is 1. The third-order valence-corrected chi connectivity index (χ3v) is 5.41. The molecule has 126 valence electrons. The van der Waals surface area contributed by atoms with Gasteiger partial charge in [0.05, 0.1) is 6.54 Å². The molecule has 0 unspecified atom stereocenters. The van der Waals surface area contributed by atoms with E-state index in [9.17, 15) is 4.79 Å². The second kappa shape index (κ2) is 7.65. The van der Waals surface area contributed by atoms with Gasteiger partial charge in [-0.05, 0) is 57.1 Å². The highest BCUT2D eigenvalue weighted by atomic mass is 35.5. The summed E-state index contributed by atoms with van der Waals surface area (Å²) in [6, 6.07) is 8.57. The van der Waals surface area contributed by atoms with Crippen LogP contribution in [0.3, 0.4) is 0 Å². The average molecular weight is 336 g/mol. The van der Waals surface area contributed by atoms with E-state index in [-0.39, 0.29) is 5.91 Å². The van der Waals surface area contributed by atoms with E-state index < -0.39 is 0 Å². The van der Waals surface area contributed by atoms with Gasteiger partial charge in [-0.2, -0.15) is 0 Å². The molecule has 2 aliphatic rings. The Kier molecular flexibility index (Phi) is 5.57. The average Bonchev–Trinajstić information content (AvgIpc) is 3.06. The molecular formula is C18H26ClN3O. The summed E-state index contributed by atoms with van der Waals surface area (Å²) < 4.78 is 0. The lowest BCUT2D eigenvalue weighted by Crippen LogP contribution is -2.46. The van der Waals surface area contributed by atoms with E-state index in [2.05, 4.69) is 23.3 Å². The van der Waals surface area contributed by atoms with Gasteiger partial charge in [-0.1, -0.05) is 23.7 Å². The summed E-state index contributed by atoms with van der Waals surface area (Å²) in [5.41, 5.74) is 1.25. The second-order valence-corrected chi connectivity index (χ2v) is 7.21. The predicted molar refractivity (Wildman–Crippen MR) is 93.9 cm³/mol. The van der Waals surface area contributed by atoms with Crippen LogP contribution in [-0.4, -0.2) is 61.5 Å². The van der Waals surface area contributed by atoms with Gasteiger partial charge in [0.2, 0.25) is 5.91 Å². The normalized spacial score (nSPS) is 22.7. The zero-order valence-electron chi connectivity index (χ0n) is 13.8. The maximum Gasteiger partial charge on any atom is 0.236 e. The SMILES string of the molecule is CN(CC(=O)N1CC[C@@H](c2cccc(Cl)c2)C1)C1CCNCC1. The number of rotatable bonds is 4. The van der Waals surface area contributed by atoms with E-state index in [0.717, 1.165) is 50.5 Å². The molecule has 0 radical (unpaired) electrons. The quantitative estimate of drug-likeness (QED) is 0.917. The lowest BCUT2D eigenvalue weighted by Gasteiger charge is -2.32. The van der Waals surface area contributed by atoms with Crippen LogP contribution in [0.1, 0.15) is 30.7 Å². The number of hydrogen-bond donors (Lipinski definition) is 1. The maximum absolute atomic E-state index is 12.6. The maximum atomic E-state index is 12.6. The summed E-state index contributed by atoms with van der Waals surface area (Å²) in [4.78, 5) is 16.8. The van der Waals surface area contributed by atoms with Gasteiger partial charge in [0.1, 0.15) is 0 Å². The van der Waals surface area contributed by atoms with E-state index in [0.29, 0.717) is 18.5 Å². The molecule has 0 aromatic heterocycles. The Morgan fingerprint density at radius 3 is 2.87 bits per heavy atom. The van der Waals surface area contributed by atoms with Crippen molar-refractivity contribution in [3.05, 3.63) is 34.9 Å². The molecule has 1 aromatic carbocycles. The highest BCUT2D eigenvalue weighted by molar-refractivity contribution is 6.30. The second-order valence-electron chi connectivity index (χ2n) is 6.78. The Bertz CT molecular complexity index is 545. The van der Waals surface area contributed by atoms with Crippen LogP contribution in [0.2, 0.25) is 5.02 Å². The van der Waals surface area contributed by atoms with Crippen LogP contribution in [0.15, 0.2) is 24.3 Å². The first kappa shape index (κ1) is 16.7. The molecule has 2 heterocycles. The van der Waals surface area contributed by atoms with Crippen LogP contribution >= 0.6 is 11.6 Å². The summed E-state index contributed by atoms with van der Waals surface area (Å²) in [6.45, 7) is 4.33.